The molecule has 0 spiro atoms. The molecule has 9 heteroatoms. The Kier molecular flexibility index (Phi) is 4.55. The van der Waals surface area contributed by atoms with E-state index in [0.29, 0.717) is 16.5 Å². The van der Waals surface area contributed by atoms with Crippen LogP contribution in [-0.2, 0) is 11.3 Å². The molecule has 2 rings (SSSR count). The van der Waals surface area contributed by atoms with Crippen molar-refractivity contribution < 1.29 is 9.72 Å². The number of carbonyl (C=O) groups is 1. The number of aromatic nitrogens is 3. The Morgan fingerprint density at radius 3 is 2.50 bits per heavy atom. The zero-order valence-electron chi connectivity index (χ0n) is 12.8. The summed E-state index contributed by atoms with van der Waals surface area (Å²) in [5.74, 6) is -0.191. The Morgan fingerprint density at radius 2 is 2.00 bits per heavy atom. The SMILES string of the molecule is Cc1nc(NC(=O)CCn2nc(C)c([N+](=O)[O-])c2C)sc1C. The fraction of sp³-hybridized carbons (Fsp3) is 0.462. The molecule has 22 heavy (non-hydrogen) atoms. The third kappa shape index (κ3) is 3.30. The lowest BCUT2D eigenvalue weighted by atomic mass is 10.3. The average Bonchev–Trinajstić information content (AvgIpc) is 2.87. The van der Waals surface area contributed by atoms with Crippen LogP contribution in [0.3, 0.4) is 0 Å². The molecule has 0 aromatic carbocycles. The van der Waals surface area contributed by atoms with Crippen LogP contribution >= 0.6 is 11.3 Å². The number of aryl methyl sites for hydroxylation is 4. The lowest BCUT2D eigenvalue weighted by Gasteiger charge is -2.03. The average molecular weight is 323 g/mol. The highest BCUT2D eigenvalue weighted by Gasteiger charge is 2.21. The van der Waals surface area contributed by atoms with Crippen LogP contribution in [0.2, 0.25) is 0 Å². The molecule has 2 aromatic heterocycles. The number of nitrogens with one attached hydrogen (secondary N) is 1. The number of hydrogen-bond donors (Lipinski definition) is 1. The van der Waals surface area contributed by atoms with E-state index in [1.807, 2.05) is 13.8 Å². The van der Waals surface area contributed by atoms with Gasteiger partial charge in [-0.05, 0) is 27.7 Å². The van der Waals surface area contributed by atoms with Crippen molar-refractivity contribution in [2.24, 2.45) is 0 Å². The second-order valence-corrected chi connectivity index (χ2v) is 6.16. The van der Waals surface area contributed by atoms with Gasteiger partial charge in [0.25, 0.3) is 0 Å². The quantitative estimate of drug-likeness (QED) is 0.672. The Morgan fingerprint density at radius 1 is 1.32 bits per heavy atom. The van der Waals surface area contributed by atoms with Crippen LogP contribution in [-0.4, -0.2) is 25.6 Å². The number of thiazole rings is 1. The molecule has 0 radical (unpaired) electrons. The van der Waals surface area contributed by atoms with Gasteiger partial charge in [-0.2, -0.15) is 5.10 Å². The van der Waals surface area contributed by atoms with E-state index < -0.39 is 4.92 Å². The number of carbonyl (C=O) groups excluding carboxylic acids is 1. The fourth-order valence-electron chi connectivity index (χ4n) is 2.08. The summed E-state index contributed by atoms with van der Waals surface area (Å²) in [7, 11) is 0. The van der Waals surface area contributed by atoms with Gasteiger partial charge < -0.3 is 5.32 Å². The molecule has 1 amide bonds. The van der Waals surface area contributed by atoms with E-state index in [-0.39, 0.29) is 24.6 Å². The Bertz CT molecular complexity index is 715. The van der Waals surface area contributed by atoms with Gasteiger partial charge in [-0.1, -0.05) is 0 Å². The summed E-state index contributed by atoms with van der Waals surface area (Å²) in [5, 5.41) is 18.3. The van der Waals surface area contributed by atoms with Crippen molar-refractivity contribution >= 4 is 28.1 Å². The normalized spacial score (nSPS) is 10.7. The summed E-state index contributed by atoms with van der Waals surface area (Å²) in [6.45, 7) is 7.33. The monoisotopic (exact) mass is 323 g/mol. The van der Waals surface area contributed by atoms with Crippen molar-refractivity contribution in [3.8, 4) is 0 Å². The molecule has 0 fully saturated rings. The van der Waals surface area contributed by atoms with Crippen LogP contribution in [0, 0.1) is 37.8 Å². The molecule has 0 aliphatic rings. The molecule has 8 nitrogen and oxygen atoms in total. The molecule has 0 aliphatic carbocycles. The first kappa shape index (κ1) is 16.1. The van der Waals surface area contributed by atoms with Gasteiger partial charge in [0.15, 0.2) is 5.13 Å². The van der Waals surface area contributed by atoms with Crippen LogP contribution < -0.4 is 5.32 Å². The molecule has 2 heterocycles. The number of rotatable bonds is 5. The van der Waals surface area contributed by atoms with Crippen LogP contribution in [0.15, 0.2) is 0 Å². The largest absolute Gasteiger partial charge is 0.312 e. The second kappa shape index (κ2) is 6.22. The summed E-state index contributed by atoms with van der Waals surface area (Å²) in [6, 6.07) is 0. The van der Waals surface area contributed by atoms with Crippen molar-refractivity contribution in [3.63, 3.8) is 0 Å². The Labute approximate surface area is 131 Å². The minimum absolute atomic E-state index is 0.00609. The molecule has 0 bridgehead atoms. The van der Waals surface area contributed by atoms with Crippen LogP contribution in [0.1, 0.15) is 28.4 Å². The standard InChI is InChI=1S/C13H17N5O3S/c1-7-10(4)22-13(14-7)15-11(19)5-6-17-9(3)12(18(20)21)8(2)16-17/h5-6H2,1-4H3,(H,14,15,19). The van der Waals surface area contributed by atoms with Gasteiger partial charge >= 0.3 is 5.69 Å². The van der Waals surface area contributed by atoms with E-state index in [2.05, 4.69) is 15.4 Å². The molecule has 0 atom stereocenters. The molecule has 118 valence electrons. The minimum Gasteiger partial charge on any atom is -0.302 e. The lowest BCUT2D eigenvalue weighted by molar-refractivity contribution is -0.386. The third-order valence-electron chi connectivity index (χ3n) is 3.35. The molecule has 0 saturated carbocycles. The van der Waals surface area contributed by atoms with E-state index in [4.69, 9.17) is 0 Å². The lowest BCUT2D eigenvalue weighted by Crippen LogP contribution is -2.15. The van der Waals surface area contributed by atoms with Gasteiger partial charge in [-0.3, -0.25) is 19.6 Å². The summed E-state index contributed by atoms with van der Waals surface area (Å²) >= 11 is 1.42. The topological polar surface area (TPSA) is 103 Å². The highest BCUT2D eigenvalue weighted by atomic mass is 32.1. The van der Waals surface area contributed by atoms with E-state index in [9.17, 15) is 14.9 Å². The van der Waals surface area contributed by atoms with E-state index in [0.717, 1.165) is 10.6 Å². The van der Waals surface area contributed by atoms with Gasteiger partial charge in [-0.25, -0.2) is 4.98 Å². The zero-order chi connectivity index (χ0) is 16.4. The third-order valence-corrected chi connectivity index (χ3v) is 4.34. The van der Waals surface area contributed by atoms with Crippen LogP contribution in [0.4, 0.5) is 10.8 Å². The minimum atomic E-state index is -0.449. The maximum atomic E-state index is 11.9. The smallest absolute Gasteiger partial charge is 0.302 e. The van der Waals surface area contributed by atoms with Crippen LogP contribution in [0.25, 0.3) is 0 Å². The van der Waals surface area contributed by atoms with Crippen molar-refractivity contribution in [3.05, 3.63) is 32.1 Å². The first-order valence-electron chi connectivity index (χ1n) is 6.72. The van der Waals surface area contributed by atoms with Crippen molar-refractivity contribution in [2.45, 2.75) is 40.7 Å². The number of amides is 1. The number of anilines is 1. The Hall–Kier alpha value is -2.29. The molecule has 1 N–H and O–H groups in total. The summed E-state index contributed by atoms with van der Waals surface area (Å²) < 4.78 is 1.49. The number of nitro groups is 1. The number of nitrogens with zero attached hydrogens (tertiary/aromatic N) is 4. The van der Waals surface area contributed by atoms with Crippen molar-refractivity contribution in [2.75, 3.05) is 5.32 Å². The zero-order valence-corrected chi connectivity index (χ0v) is 13.7. The molecule has 0 saturated heterocycles. The number of hydrogen-bond acceptors (Lipinski definition) is 6. The van der Waals surface area contributed by atoms with E-state index in [1.165, 1.54) is 16.0 Å². The van der Waals surface area contributed by atoms with E-state index in [1.54, 1.807) is 13.8 Å². The second-order valence-electron chi connectivity index (χ2n) is 4.96. The molecule has 2 aromatic rings. The van der Waals surface area contributed by atoms with Crippen LogP contribution in [0.5, 0.6) is 0 Å². The first-order valence-corrected chi connectivity index (χ1v) is 7.53. The fourth-order valence-corrected chi connectivity index (χ4v) is 2.92. The predicted octanol–water partition coefficient (Wildman–Crippen LogP) is 2.51. The van der Waals surface area contributed by atoms with Crippen molar-refractivity contribution in [1.29, 1.82) is 0 Å². The summed E-state index contributed by atoms with van der Waals surface area (Å²) in [4.78, 5) is 27.7. The van der Waals surface area contributed by atoms with Crippen molar-refractivity contribution in [1.82, 2.24) is 14.8 Å². The maximum Gasteiger partial charge on any atom is 0.312 e. The maximum absolute atomic E-state index is 11.9. The Balaban J connectivity index is 1.99. The van der Waals surface area contributed by atoms with Gasteiger partial charge in [-0.15, -0.1) is 11.3 Å². The van der Waals surface area contributed by atoms with Gasteiger partial charge in [0.1, 0.15) is 11.4 Å². The molecule has 0 aliphatic heterocycles. The molecular weight excluding hydrogens is 306 g/mol. The van der Waals surface area contributed by atoms with Gasteiger partial charge in [0.05, 0.1) is 17.2 Å². The van der Waals surface area contributed by atoms with E-state index >= 15 is 0 Å². The summed E-state index contributed by atoms with van der Waals surface area (Å²) in [6.07, 6.45) is 0.177. The summed E-state index contributed by atoms with van der Waals surface area (Å²) in [5.41, 5.74) is 1.71. The van der Waals surface area contributed by atoms with Gasteiger partial charge in [0.2, 0.25) is 5.91 Å². The molecule has 0 unspecified atom stereocenters. The highest BCUT2D eigenvalue weighted by molar-refractivity contribution is 7.15. The highest BCUT2D eigenvalue weighted by Crippen LogP contribution is 2.23. The predicted molar refractivity (Wildman–Crippen MR) is 83.2 cm³/mol. The molecular formula is C13H17N5O3S. The first-order chi connectivity index (χ1) is 10.3. The van der Waals surface area contributed by atoms with Gasteiger partial charge in [0, 0.05) is 11.3 Å².